The number of hydrogen-bond acceptors (Lipinski definition) is 5. The third kappa shape index (κ3) is 4.35. The van der Waals surface area contributed by atoms with E-state index in [1.54, 1.807) is 38.1 Å². The SMILES string of the molecule is CCOC(=O)NN(C(=O)OCC)[C@](C)(C=O)c1ccccc1Cl. The summed E-state index contributed by atoms with van der Waals surface area (Å²) >= 11 is 6.13. The number of carbonyl (C=O) groups excluding carboxylic acids is 3. The second-order valence-corrected chi connectivity index (χ2v) is 5.02. The summed E-state index contributed by atoms with van der Waals surface area (Å²) in [6, 6.07) is 6.50. The topological polar surface area (TPSA) is 84.9 Å². The second kappa shape index (κ2) is 8.38. The molecular formula is C15H19ClN2O5. The molecule has 1 atom stereocenters. The van der Waals surface area contributed by atoms with E-state index in [-0.39, 0.29) is 18.2 Å². The molecule has 0 aliphatic carbocycles. The van der Waals surface area contributed by atoms with Crippen LogP contribution in [0.3, 0.4) is 0 Å². The standard InChI is InChI=1S/C15H19ClN2O5/c1-4-22-13(20)17-18(14(21)23-5-2)15(3,10-19)11-8-6-7-9-12(11)16/h6-10H,4-5H2,1-3H3,(H,17,20)/t15-/m1/s1. The molecule has 1 aromatic rings. The molecule has 0 aliphatic rings. The molecule has 0 fully saturated rings. The predicted octanol–water partition coefficient (Wildman–Crippen LogP) is 2.87. The molecule has 126 valence electrons. The number of benzene rings is 1. The van der Waals surface area contributed by atoms with Crippen LogP contribution in [0.4, 0.5) is 9.59 Å². The molecule has 7 nitrogen and oxygen atoms in total. The maximum absolute atomic E-state index is 12.2. The molecule has 0 saturated carbocycles. The van der Waals surface area contributed by atoms with Crippen molar-refractivity contribution in [3.05, 3.63) is 34.9 Å². The van der Waals surface area contributed by atoms with Gasteiger partial charge in [0.1, 0.15) is 5.54 Å². The first-order valence-corrected chi connectivity index (χ1v) is 7.40. The summed E-state index contributed by atoms with van der Waals surface area (Å²) in [5.74, 6) is 0. The zero-order valence-electron chi connectivity index (χ0n) is 13.2. The fourth-order valence-corrected chi connectivity index (χ4v) is 2.23. The molecule has 2 amide bonds. The van der Waals surface area contributed by atoms with E-state index in [1.165, 1.54) is 6.92 Å². The lowest BCUT2D eigenvalue weighted by Crippen LogP contribution is -2.58. The van der Waals surface area contributed by atoms with Crippen molar-refractivity contribution in [2.45, 2.75) is 26.3 Å². The number of rotatable bonds is 5. The minimum atomic E-state index is -1.57. The van der Waals surface area contributed by atoms with E-state index in [0.717, 1.165) is 5.01 Å². The first-order chi connectivity index (χ1) is 10.9. The van der Waals surface area contributed by atoms with E-state index in [4.69, 9.17) is 21.1 Å². The Morgan fingerprint density at radius 1 is 1.26 bits per heavy atom. The van der Waals surface area contributed by atoms with Gasteiger partial charge in [0.2, 0.25) is 0 Å². The second-order valence-electron chi connectivity index (χ2n) is 4.61. The lowest BCUT2D eigenvalue weighted by molar-refractivity contribution is -0.119. The fourth-order valence-electron chi connectivity index (χ4n) is 1.90. The third-order valence-electron chi connectivity index (χ3n) is 3.04. The summed E-state index contributed by atoms with van der Waals surface area (Å²) in [6.07, 6.45) is -1.30. The molecule has 0 aromatic heterocycles. The highest BCUT2D eigenvalue weighted by Crippen LogP contribution is 2.31. The van der Waals surface area contributed by atoms with Gasteiger partial charge < -0.3 is 14.3 Å². The van der Waals surface area contributed by atoms with Crippen molar-refractivity contribution in [1.82, 2.24) is 10.4 Å². The zero-order chi connectivity index (χ0) is 17.5. The van der Waals surface area contributed by atoms with Crippen molar-refractivity contribution >= 4 is 30.1 Å². The molecule has 0 saturated heterocycles. The number of hydrazine groups is 1. The van der Waals surface area contributed by atoms with Crippen LogP contribution in [-0.4, -0.2) is 36.7 Å². The number of amides is 2. The van der Waals surface area contributed by atoms with Crippen molar-refractivity contribution in [3.8, 4) is 0 Å². The molecule has 0 bridgehead atoms. The van der Waals surface area contributed by atoms with E-state index in [0.29, 0.717) is 11.8 Å². The first kappa shape index (κ1) is 18.8. The Labute approximate surface area is 139 Å². The summed E-state index contributed by atoms with van der Waals surface area (Å²) in [6.45, 7) is 4.82. The van der Waals surface area contributed by atoms with Crippen LogP contribution in [0, 0.1) is 0 Å². The highest BCUT2D eigenvalue weighted by molar-refractivity contribution is 6.31. The molecule has 1 N–H and O–H groups in total. The molecule has 0 spiro atoms. The van der Waals surface area contributed by atoms with Gasteiger partial charge in [-0.3, -0.25) is 0 Å². The molecular weight excluding hydrogens is 324 g/mol. The van der Waals surface area contributed by atoms with Crippen molar-refractivity contribution in [3.63, 3.8) is 0 Å². The predicted molar refractivity (Wildman–Crippen MR) is 83.9 cm³/mol. The summed E-state index contributed by atoms with van der Waals surface area (Å²) in [7, 11) is 0. The largest absolute Gasteiger partial charge is 0.449 e. The van der Waals surface area contributed by atoms with E-state index < -0.39 is 17.7 Å². The van der Waals surface area contributed by atoms with Gasteiger partial charge in [0.25, 0.3) is 0 Å². The molecule has 23 heavy (non-hydrogen) atoms. The maximum Gasteiger partial charge on any atom is 0.430 e. The quantitative estimate of drug-likeness (QED) is 0.657. The minimum Gasteiger partial charge on any atom is -0.449 e. The van der Waals surface area contributed by atoms with E-state index >= 15 is 0 Å². The van der Waals surface area contributed by atoms with Crippen LogP contribution < -0.4 is 5.43 Å². The van der Waals surface area contributed by atoms with Crippen LogP contribution >= 0.6 is 11.6 Å². The lowest BCUT2D eigenvalue weighted by Gasteiger charge is -2.36. The summed E-state index contributed by atoms with van der Waals surface area (Å²) < 4.78 is 9.67. The van der Waals surface area contributed by atoms with Crippen molar-refractivity contribution < 1.29 is 23.9 Å². The number of halogens is 1. The highest BCUT2D eigenvalue weighted by atomic mass is 35.5. The van der Waals surface area contributed by atoms with Crippen LogP contribution in [0.2, 0.25) is 5.02 Å². The first-order valence-electron chi connectivity index (χ1n) is 7.02. The van der Waals surface area contributed by atoms with Crippen molar-refractivity contribution in [1.29, 1.82) is 0 Å². The zero-order valence-corrected chi connectivity index (χ0v) is 13.9. The van der Waals surface area contributed by atoms with Gasteiger partial charge in [0.05, 0.1) is 13.2 Å². The Morgan fingerprint density at radius 2 is 1.87 bits per heavy atom. The van der Waals surface area contributed by atoms with E-state index in [2.05, 4.69) is 5.43 Å². The van der Waals surface area contributed by atoms with Gasteiger partial charge in [-0.1, -0.05) is 29.8 Å². The van der Waals surface area contributed by atoms with E-state index in [9.17, 15) is 14.4 Å². The number of nitrogens with zero attached hydrogens (tertiary/aromatic N) is 1. The molecule has 0 unspecified atom stereocenters. The fraction of sp³-hybridized carbons (Fsp3) is 0.400. The van der Waals surface area contributed by atoms with Crippen molar-refractivity contribution in [2.24, 2.45) is 0 Å². The average molecular weight is 343 g/mol. The number of ether oxygens (including phenoxy) is 2. The Hall–Kier alpha value is -2.28. The van der Waals surface area contributed by atoms with Gasteiger partial charge in [-0.2, -0.15) is 5.01 Å². The monoisotopic (exact) mass is 342 g/mol. The molecule has 0 radical (unpaired) electrons. The Balaban J connectivity index is 3.29. The van der Waals surface area contributed by atoms with Crippen LogP contribution in [0.5, 0.6) is 0 Å². The molecule has 0 heterocycles. The Bertz CT molecular complexity index is 581. The number of carbonyl (C=O) groups is 3. The smallest absolute Gasteiger partial charge is 0.430 e. The third-order valence-corrected chi connectivity index (χ3v) is 3.37. The van der Waals surface area contributed by atoms with Crippen LogP contribution in [0.15, 0.2) is 24.3 Å². The van der Waals surface area contributed by atoms with Gasteiger partial charge in [0, 0.05) is 10.6 Å². The summed E-state index contributed by atoms with van der Waals surface area (Å²) in [4.78, 5) is 35.7. The average Bonchev–Trinajstić information content (AvgIpc) is 2.53. The van der Waals surface area contributed by atoms with Crippen LogP contribution in [0.25, 0.3) is 0 Å². The molecule has 8 heteroatoms. The van der Waals surface area contributed by atoms with Gasteiger partial charge in [0.15, 0.2) is 6.29 Å². The molecule has 1 rings (SSSR count). The van der Waals surface area contributed by atoms with Crippen LogP contribution in [0.1, 0.15) is 26.3 Å². The minimum absolute atomic E-state index is 0.0668. The van der Waals surface area contributed by atoms with Crippen molar-refractivity contribution in [2.75, 3.05) is 13.2 Å². The maximum atomic E-state index is 12.2. The van der Waals surface area contributed by atoms with Gasteiger partial charge in [-0.05, 0) is 26.8 Å². The van der Waals surface area contributed by atoms with E-state index in [1.807, 2.05) is 0 Å². The van der Waals surface area contributed by atoms with Gasteiger partial charge in [-0.25, -0.2) is 15.0 Å². The van der Waals surface area contributed by atoms with Gasteiger partial charge in [-0.15, -0.1) is 0 Å². The normalized spacial score (nSPS) is 12.7. The number of hydrogen-bond donors (Lipinski definition) is 1. The Kier molecular flexibility index (Phi) is 6.84. The summed E-state index contributed by atoms with van der Waals surface area (Å²) in [5.41, 5.74) is 0.990. The summed E-state index contributed by atoms with van der Waals surface area (Å²) in [5, 5.41) is 1.03. The molecule has 1 aromatic carbocycles. The number of aldehydes is 1. The molecule has 0 aliphatic heterocycles. The lowest BCUT2D eigenvalue weighted by atomic mass is 9.93. The van der Waals surface area contributed by atoms with Gasteiger partial charge >= 0.3 is 12.2 Å². The number of nitrogens with one attached hydrogen (secondary N) is 1. The Morgan fingerprint density at radius 3 is 2.39 bits per heavy atom. The highest BCUT2D eigenvalue weighted by Gasteiger charge is 2.41. The van der Waals surface area contributed by atoms with Crippen LogP contribution in [-0.2, 0) is 19.8 Å².